The standard InChI is InChI=1S/C28H27NO3/c1-31-23-13-11-20(12-14-23)19-29-17-15-22(16-18-29)28-26(24-9-5-6-10-25(24)32-28)27(30)21-7-3-2-4-8-21/h2-14,22H,15-19H2,1H3. The summed E-state index contributed by atoms with van der Waals surface area (Å²) in [7, 11) is 1.69. The van der Waals surface area contributed by atoms with Gasteiger partial charge in [-0.05, 0) is 49.7 Å². The average molecular weight is 426 g/mol. The number of para-hydroxylation sites is 1. The predicted molar refractivity (Wildman–Crippen MR) is 126 cm³/mol. The second kappa shape index (κ2) is 9.01. The fraction of sp³-hybridized carbons (Fsp3) is 0.250. The summed E-state index contributed by atoms with van der Waals surface area (Å²) in [4.78, 5) is 15.9. The number of furan rings is 1. The summed E-state index contributed by atoms with van der Waals surface area (Å²) in [6.45, 7) is 2.88. The zero-order valence-corrected chi connectivity index (χ0v) is 18.3. The molecule has 2 heterocycles. The third-order valence-electron chi connectivity index (χ3n) is 6.41. The lowest BCUT2D eigenvalue weighted by molar-refractivity contribution is 0.103. The number of nitrogens with zero attached hydrogens (tertiary/aromatic N) is 1. The van der Waals surface area contributed by atoms with Crippen LogP contribution in [0, 0.1) is 0 Å². The molecule has 0 unspecified atom stereocenters. The Balaban J connectivity index is 1.37. The minimum absolute atomic E-state index is 0.0474. The molecule has 162 valence electrons. The number of benzene rings is 3. The Hall–Kier alpha value is -3.37. The van der Waals surface area contributed by atoms with E-state index in [4.69, 9.17) is 9.15 Å². The van der Waals surface area contributed by atoms with Gasteiger partial charge in [0.25, 0.3) is 0 Å². The highest BCUT2D eigenvalue weighted by molar-refractivity contribution is 6.17. The molecule has 1 aliphatic heterocycles. The van der Waals surface area contributed by atoms with Crippen LogP contribution in [0.3, 0.4) is 0 Å². The Bertz CT molecular complexity index is 1200. The first-order valence-corrected chi connectivity index (χ1v) is 11.2. The van der Waals surface area contributed by atoms with Gasteiger partial charge in [0.1, 0.15) is 17.1 Å². The molecule has 5 rings (SSSR count). The lowest BCUT2D eigenvalue weighted by Gasteiger charge is -2.31. The molecule has 0 bridgehead atoms. The Morgan fingerprint density at radius 1 is 0.938 bits per heavy atom. The normalized spacial score (nSPS) is 15.2. The van der Waals surface area contributed by atoms with Gasteiger partial charge in [-0.1, -0.05) is 60.7 Å². The van der Waals surface area contributed by atoms with Crippen LogP contribution >= 0.6 is 0 Å². The van der Waals surface area contributed by atoms with Crippen LogP contribution in [0.1, 0.15) is 46.0 Å². The molecule has 0 aliphatic carbocycles. The molecular formula is C28H27NO3. The average Bonchev–Trinajstić information content (AvgIpc) is 3.24. The van der Waals surface area contributed by atoms with Gasteiger partial charge >= 0.3 is 0 Å². The van der Waals surface area contributed by atoms with E-state index >= 15 is 0 Å². The molecule has 32 heavy (non-hydrogen) atoms. The first-order chi connectivity index (χ1) is 15.7. The highest BCUT2D eigenvalue weighted by Gasteiger charge is 2.30. The van der Waals surface area contributed by atoms with E-state index in [2.05, 4.69) is 17.0 Å². The minimum Gasteiger partial charge on any atom is -0.497 e. The molecule has 1 aliphatic rings. The molecular weight excluding hydrogens is 398 g/mol. The third kappa shape index (κ3) is 4.06. The van der Waals surface area contributed by atoms with Crippen molar-refractivity contribution in [3.05, 3.63) is 101 Å². The molecule has 0 N–H and O–H groups in total. The summed E-state index contributed by atoms with van der Waals surface area (Å²) in [5.41, 5.74) is 3.52. The molecule has 0 atom stereocenters. The zero-order valence-electron chi connectivity index (χ0n) is 18.3. The molecule has 1 saturated heterocycles. The largest absolute Gasteiger partial charge is 0.497 e. The molecule has 4 aromatic rings. The van der Waals surface area contributed by atoms with Crippen LogP contribution in [0.2, 0.25) is 0 Å². The van der Waals surface area contributed by atoms with Gasteiger partial charge in [0, 0.05) is 23.4 Å². The molecule has 4 heteroatoms. The number of ketones is 1. The van der Waals surface area contributed by atoms with Crippen LogP contribution in [-0.2, 0) is 6.54 Å². The highest BCUT2D eigenvalue weighted by atomic mass is 16.5. The monoisotopic (exact) mass is 425 g/mol. The van der Waals surface area contributed by atoms with Gasteiger partial charge in [0.05, 0.1) is 12.7 Å². The number of ether oxygens (including phenoxy) is 1. The van der Waals surface area contributed by atoms with E-state index in [1.807, 2.05) is 66.7 Å². The SMILES string of the molecule is COc1ccc(CN2CCC(c3oc4ccccc4c3C(=O)c3ccccc3)CC2)cc1. The maximum absolute atomic E-state index is 13.5. The van der Waals surface area contributed by atoms with Crippen LogP contribution in [0.4, 0.5) is 0 Å². The van der Waals surface area contributed by atoms with E-state index in [0.29, 0.717) is 5.56 Å². The van der Waals surface area contributed by atoms with Gasteiger partial charge in [0.15, 0.2) is 5.78 Å². The molecule has 0 amide bonds. The molecule has 3 aromatic carbocycles. The van der Waals surface area contributed by atoms with Gasteiger partial charge in [-0.15, -0.1) is 0 Å². The lowest BCUT2D eigenvalue weighted by Crippen LogP contribution is -2.32. The minimum atomic E-state index is 0.0474. The summed E-state index contributed by atoms with van der Waals surface area (Å²) >= 11 is 0. The summed E-state index contributed by atoms with van der Waals surface area (Å²) < 4.78 is 11.6. The van der Waals surface area contributed by atoms with Crippen LogP contribution in [-0.4, -0.2) is 30.9 Å². The topological polar surface area (TPSA) is 42.7 Å². The van der Waals surface area contributed by atoms with Gasteiger partial charge in [-0.3, -0.25) is 9.69 Å². The molecule has 1 aromatic heterocycles. The van der Waals surface area contributed by atoms with E-state index < -0.39 is 0 Å². The number of fused-ring (bicyclic) bond motifs is 1. The van der Waals surface area contributed by atoms with E-state index in [-0.39, 0.29) is 11.7 Å². The Morgan fingerprint density at radius 3 is 2.34 bits per heavy atom. The van der Waals surface area contributed by atoms with Gasteiger partial charge < -0.3 is 9.15 Å². The second-order valence-electron chi connectivity index (χ2n) is 8.43. The number of methoxy groups -OCH3 is 1. The zero-order chi connectivity index (χ0) is 21.9. The van der Waals surface area contributed by atoms with Crippen molar-refractivity contribution in [2.24, 2.45) is 0 Å². The van der Waals surface area contributed by atoms with Gasteiger partial charge in [0.2, 0.25) is 0 Å². The predicted octanol–water partition coefficient (Wildman–Crippen LogP) is 6.05. The summed E-state index contributed by atoms with van der Waals surface area (Å²) in [6, 6.07) is 25.7. The number of piperidine rings is 1. The molecule has 0 saturated carbocycles. The van der Waals surface area contributed by atoms with Gasteiger partial charge in [-0.2, -0.15) is 0 Å². The Labute approximate surface area is 188 Å². The third-order valence-corrected chi connectivity index (χ3v) is 6.41. The number of hydrogen-bond donors (Lipinski definition) is 0. The van der Waals surface area contributed by atoms with Crippen molar-refractivity contribution in [3.8, 4) is 5.75 Å². The first-order valence-electron chi connectivity index (χ1n) is 11.2. The van der Waals surface area contributed by atoms with Crippen LogP contribution < -0.4 is 4.74 Å². The summed E-state index contributed by atoms with van der Waals surface area (Å²) in [6.07, 6.45) is 1.95. The maximum atomic E-state index is 13.5. The molecule has 4 nitrogen and oxygen atoms in total. The Morgan fingerprint density at radius 2 is 1.62 bits per heavy atom. The molecule has 1 fully saturated rings. The number of carbonyl (C=O) groups excluding carboxylic acids is 1. The van der Waals surface area contributed by atoms with Crippen molar-refractivity contribution in [1.82, 2.24) is 4.90 Å². The number of hydrogen-bond acceptors (Lipinski definition) is 4. The molecule has 0 radical (unpaired) electrons. The smallest absolute Gasteiger partial charge is 0.197 e. The van der Waals surface area contributed by atoms with Gasteiger partial charge in [-0.25, -0.2) is 0 Å². The summed E-state index contributed by atoms with van der Waals surface area (Å²) in [5, 5.41) is 0.914. The van der Waals surface area contributed by atoms with Crippen molar-refractivity contribution in [1.29, 1.82) is 0 Å². The fourth-order valence-corrected chi connectivity index (χ4v) is 4.66. The van der Waals surface area contributed by atoms with Crippen molar-refractivity contribution in [3.63, 3.8) is 0 Å². The van der Waals surface area contributed by atoms with Crippen molar-refractivity contribution in [2.45, 2.75) is 25.3 Å². The number of rotatable bonds is 6. The van der Waals surface area contributed by atoms with Crippen molar-refractivity contribution in [2.75, 3.05) is 20.2 Å². The molecule has 0 spiro atoms. The fourth-order valence-electron chi connectivity index (χ4n) is 4.66. The quantitative estimate of drug-likeness (QED) is 0.353. The van der Waals surface area contributed by atoms with Crippen LogP contribution in [0.25, 0.3) is 11.0 Å². The maximum Gasteiger partial charge on any atom is 0.197 e. The highest BCUT2D eigenvalue weighted by Crippen LogP contribution is 2.37. The van der Waals surface area contributed by atoms with Crippen molar-refractivity contribution < 1.29 is 13.9 Å². The van der Waals surface area contributed by atoms with Crippen molar-refractivity contribution >= 4 is 16.8 Å². The van der Waals surface area contributed by atoms with Crippen LogP contribution in [0.5, 0.6) is 5.75 Å². The van der Waals surface area contributed by atoms with E-state index in [1.54, 1.807) is 7.11 Å². The Kier molecular flexibility index (Phi) is 5.78. The van der Waals surface area contributed by atoms with E-state index in [0.717, 1.165) is 60.5 Å². The van der Waals surface area contributed by atoms with E-state index in [1.165, 1.54) is 5.56 Å². The lowest BCUT2D eigenvalue weighted by atomic mass is 9.88. The van der Waals surface area contributed by atoms with Crippen LogP contribution in [0.15, 0.2) is 83.3 Å². The second-order valence-corrected chi connectivity index (χ2v) is 8.43. The first kappa shape index (κ1) is 20.5. The van der Waals surface area contributed by atoms with E-state index in [9.17, 15) is 4.79 Å². The number of likely N-dealkylation sites (tertiary alicyclic amines) is 1. The number of carbonyl (C=O) groups is 1. The summed E-state index contributed by atoms with van der Waals surface area (Å²) in [5.74, 6) is 2.03.